The van der Waals surface area contributed by atoms with E-state index >= 15 is 0 Å². The van der Waals surface area contributed by atoms with Crippen molar-refractivity contribution in [2.24, 2.45) is 11.8 Å². The molecule has 4 aliphatic rings. The first kappa shape index (κ1) is 32.5. The lowest BCUT2D eigenvalue weighted by molar-refractivity contribution is -0.142. The van der Waals surface area contributed by atoms with Crippen LogP contribution in [0.2, 0.25) is 0 Å². The second-order valence-electron chi connectivity index (χ2n) is 14.6. The molecule has 260 valence electrons. The number of hydrogen-bond acceptors (Lipinski definition) is 11. The molecule has 4 aromatic rings. The highest BCUT2D eigenvalue weighted by Gasteiger charge is 2.65. The lowest BCUT2D eigenvalue weighted by atomic mass is 9.57. The van der Waals surface area contributed by atoms with E-state index in [0.29, 0.717) is 11.8 Å². The van der Waals surface area contributed by atoms with Gasteiger partial charge in [-0.25, -0.2) is 0 Å². The fourth-order valence-electron chi connectivity index (χ4n) is 8.95. The standard InChI is InChI=1S/C39H42N4O7/c1-41(2)31-24-13-12-22(19-43-14-8-9-15-43)16-25(24)33(44)29-26(31)17-23-18-27-32(42(3)4)35-30(37(47)39(27,48)36(46)28(23)34(29)45)38(40-50-35)49-20-21-10-6-5-7-11-21/h5-7,10-13,16,23,27,32,44-45,48H,8-9,14-15,17-20H2,1-4H3/t23-,27-,32-,39-/m0/s1. The number of carbonyl (C=O) groups excluding carboxylic acids is 2. The van der Waals surface area contributed by atoms with Gasteiger partial charge in [-0.2, -0.15) is 0 Å². The van der Waals surface area contributed by atoms with E-state index in [1.165, 1.54) is 12.8 Å². The van der Waals surface area contributed by atoms with Gasteiger partial charge in [0.1, 0.15) is 23.7 Å². The molecule has 1 saturated heterocycles. The summed E-state index contributed by atoms with van der Waals surface area (Å²) in [5, 5.41) is 41.8. The fourth-order valence-corrected chi connectivity index (χ4v) is 8.95. The minimum absolute atomic E-state index is 0.0404. The molecule has 3 aliphatic carbocycles. The number of likely N-dealkylation sites (tertiary alicyclic amines) is 1. The zero-order valence-corrected chi connectivity index (χ0v) is 28.8. The van der Waals surface area contributed by atoms with Crippen LogP contribution in [0.5, 0.6) is 11.6 Å². The SMILES string of the molecule is CN(C)c1c2c(c(O)c3cc(CN4CCCC4)ccc13)C(O)=C1C(=O)[C@]3(O)C(=O)c4c(OCc5ccccc5)noc4[C@@H](N(C)C)[C@@H]3C[C@@H]1C2. The van der Waals surface area contributed by atoms with Crippen molar-refractivity contribution in [1.29, 1.82) is 0 Å². The quantitative estimate of drug-likeness (QED) is 0.227. The minimum Gasteiger partial charge on any atom is -0.507 e. The summed E-state index contributed by atoms with van der Waals surface area (Å²) in [6.45, 7) is 2.91. The monoisotopic (exact) mass is 678 g/mol. The van der Waals surface area contributed by atoms with Crippen molar-refractivity contribution in [3.05, 3.63) is 87.7 Å². The number of nitrogens with zero attached hydrogens (tertiary/aromatic N) is 4. The normalized spacial score (nSPS) is 24.7. The van der Waals surface area contributed by atoms with Crippen molar-refractivity contribution in [2.45, 2.75) is 50.5 Å². The summed E-state index contributed by atoms with van der Waals surface area (Å²) in [6, 6.07) is 14.8. The number of phenols is 1. The zero-order valence-electron chi connectivity index (χ0n) is 28.8. The summed E-state index contributed by atoms with van der Waals surface area (Å²) in [7, 11) is 7.45. The number of benzene rings is 3. The molecule has 8 rings (SSSR count). The number of fused-ring (bicyclic) bond motifs is 5. The van der Waals surface area contributed by atoms with Gasteiger partial charge in [0.05, 0.1) is 11.6 Å². The van der Waals surface area contributed by atoms with Crippen LogP contribution in [-0.2, 0) is 24.4 Å². The lowest BCUT2D eigenvalue weighted by Gasteiger charge is -2.49. The molecule has 2 fully saturated rings. The van der Waals surface area contributed by atoms with Crippen molar-refractivity contribution in [3.63, 3.8) is 0 Å². The van der Waals surface area contributed by atoms with E-state index in [0.717, 1.165) is 47.4 Å². The number of ether oxygens (including phenoxy) is 1. The van der Waals surface area contributed by atoms with Crippen molar-refractivity contribution >= 4 is 33.8 Å². The van der Waals surface area contributed by atoms with Gasteiger partial charge in [0, 0.05) is 48.6 Å². The average molecular weight is 679 g/mol. The van der Waals surface area contributed by atoms with Crippen LogP contribution in [0.1, 0.15) is 63.7 Å². The van der Waals surface area contributed by atoms with Crippen LogP contribution in [0.15, 0.2) is 58.6 Å². The number of hydrogen-bond donors (Lipinski definition) is 3. The molecule has 3 aromatic carbocycles. The summed E-state index contributed by atoms with van der Waals surface area (Å²) >= 11 is 0. The third-order valence-corrected chi connectivity index (χ3v) is 11.2. The predicted octanol–water partition coefficient (Wildman–Crippen LogP) is 5.03. The summed E-state index contributed by atoms with van der Waals surface area (Å²) in [4.78, 5) is 35.3. The number of aliphatic hydroxyl groups is 2. The van der Waals surface area contributed by atoms with Crippen LogP contribution in [0.3, 0.4) is 0 Å². The van der Waals surface area contributed by atoms with Gasteiger partial charge in [-0.15, -0.1) is 0 Å². The summed E-state index contributed by atoms with van der Waals surface area (Å²) in [6.07, 6.45) is 2.86. The first-order chi connectivity index (χ1) is 24.0. The van der Waals surface area contributed by atoms with E-state index in [2.05, 4.69) is 16.1 Å². The summed E-state index contributed by atoms with van der Waals surface area (Å²) in [5.74, 6) is -3.53. The molecule has 0 unspecified atom stereocenters. The molecule has 4 atom stereocenters. The number of rotatable bonds is 7. The number of carbonyl (C=O) groups is 2. The average Bonchev–Trinajstić information content (AvgIpc) is 3.76. The van der Waals surface area contributed by atoms with E-state index in [1.807, 2.05) is 66.4 Å². The Morgan fingerprint density at radius 2 is 1.70 bits per heavy atom. The van der Waals surface area contributed by atoms with Gasteiger partial charge < -0.3 is 29.5 Å². The molecule has 1 saturated carbocycles. The van der Waals surface area contributed by atoms with Crippen LogP contribution in [0.4, 0.5) is 5.69 Å². The summed E-state index contributed by atoms with van der Waals surface area (Å²) < 4.78 is 11.7. The molecule has 11 nitrogen and oxygen atoms in total. The third-order valence-electron chi connectivity index (χ3n) is 11.2. The molecule has 3 N–H and O–H groups in total. The fraction of sp³-hybridized carbons (Fsp3) is 0.410. The number of aromatic hydroxyl groups is 1. The largest absolute Gasteiger partial charge is 0.507 e. The third kappa shape index (κ3) is 4.78. The molecule has 1 aliphatic heterocycles. The Balaban J connectivity index is 1.24. The highest BCUT2D eigenvalue weighted by atomic mass is 16.5. The Morgan fingerprint density at radius 3 is 2.40 bits per heavy atom. The maximum atomic E-state index is 14.7. The first-order valence-corrected chi connectivity index (χ1v) is 17.3. The Morgan fingerprint density at radius 1 is 0.960 bits per heavy atom. The van der Waals surface area contributed by atoms with Crippen LogP contribution >= 0.6 is 0 Å². The van der Waals surface area contributed by atoms with Crippen LogP contribution in [0.25, 0.3) is 16.5 Å². The predicted molar refractivity (Wildman–Crippen MR) is 187 cm³/mol. The number of aromatic nitrogens is 1. The first-order valence-electron chi connectivity index (χ1n) is 17.3. The van der Waals surface area contributed by atoms with Crippen molar-refractivity contribution in [3.8, 4) is 11.6 Å². The molecule has 0 bridgehead atoms. The Bertz CT molecular complexity index is 2060. The van der Waals surface area contributed by atoms with E-state index < -0.39 is 40.8 Å². The molecule has 1 aromatic heterocycles. The summed E-state index contributed by atoms with van der Waals surface area (Å²) in [5.41, 5.74) is 0.994. The van der Waals surface area contributed by atoms with E-state index in [4.69, 9.17) is 9.26 Å². The smallest absolute Gasteiger partial charge is 0.265 e. The minimum atomic E-state index is -2.52. The van der Waals surface area contributed by atoms with Gasteiger partial charge in [-0.3, -0.25) is 19.4 Å². The van der Waals surface area contributed by atoms with Crippen LogP contribution in [-0.4, -0.2) is 88.7 Å². The highest BCUT2D eigenvalue weighted by molar-refractivity contribution is 6.26. The number of aliphatic hydroxyl groups excluding tert-OH is 1. The van der Waals surface area contributed by atoms with Gasteiger partial charge >= 0.3 is 0 Å². The maximum absolute atomic E-state index is 14.7. The molecule has 0 radical (unpaired) electrons. The molecule has 2 heterocycles. The Labute approximate surface area is 290 Å². The van der Waals surface area contributed by atoms with Gasteiger partial charge in [0.25, 0.3) is 5.88 Å². The van der Waals surface area contributed by atoms with E-state index in [9.17, 15) is 24.9 Å². The Kier molecular flexibility index (Phi) is 7.78. The molecular formula is C39H42N4O7. The van der Waals surface area contributed by atoms with Crippen molar-refractivity contribution < 1.29 is 34.2 Å². The van der Waals surface area contributed by atoms with Gasteiger partial charge in [-0.1, -0.05) is 42.5 Å². The molecule has 11 heteroatoms. The van der Waals surface area contributed by atoms with Crippen molar-refractivity contribution in [1.82, 2.24) is 15.0 Å². The topological polar surface area (TPSA) is 140 Å². The molecular weight excluding hydrogens is 636 g/mol. The number of phenolic OH excluding ortho intramolecular Hbond substituents is 1. The molecule has 50 heavy (non-hydrogen) atoms. The van der Waals surface area contributed by atoms with Crippen LogP contribution in [0, 0.1) is 11.8 Å². The molecule has 0 spiro atoms. The van der Waals surface area contributed by atoms with Gasteiger partial charge in [-0.05, 0) is 86.7 Å². The van der Waals surface area contributed by atoms with Gasteiger partial charge in [0.15, 0.2) is 11.4 Å². The second kappa shape index (κ2) is 12.0. The second-order valence-corrected chi connectivity index (χ2v) is 14.6. The van der Waals surface area contributed by atoms with E-state index in [-0.39, 0.29) is 47.1 Å². The maximum Gasteiger partial charge on any atom is 0.265 e. The zero-order chi connectivity index (χ0) is 35.1. The van der Waals surface area contributed by atoms with Crippen LogP contribution < -0.4 is 9.64 Å². The van der Waals surface area contributed by atoms with Gasteiger partial charge in [0.2, 0.25) is 11.6 Å². The number of Topliss-reactive ketones (excluding diaryl/α,β-unsaturated/α-hetero) is 2. The Hall–Kier alpha value is -4.71. The lowest BCUT2D eigenvalue weighted by Crippen LogP contribution is -2.63. The number of anilines is 1. The number of ketones is 2. The van der Waals surface area contributed by atoms with Crippen molar-refractivity contribution in [2.75, 3.05) is 46.2 Å². The molecule has 0 amide bonds. The van der Waals surface area contributed by atoms with E-state index in [1.54, 1.807) is 14.1 Å². The highest BCUT2D eigenvalue weighted by Crippen LogP contribution is 2.57.